The van der Waals surface area contributed by atoms with Gasteiger partial charge in [-0.1, -0.05) is 13.8 Å². The highest BCUT2D eigenvalue weighted by Gasteiger charge is 2.54. The van der Waals surface area contributed by atoms with Crippen molar-refractivity contribution in [3.05, 3.63) is 0 Å². The van der Waals surface area contributed by atoms with Crippen molar-refractivity contribution in [1.29, 1.82) is 0 Å². The summed E-state index contributed by atoms with van der Waals surface area (Å²) in [7, 11) is 0. The van der Waals surface area contributed by atoms with E-state index in [1.165, 1.54) is 0 Å². The molecule has 3 aliphatic heterocycles. The van der Waals surface area contributed by atoms with Crippen molar-refractivity contribution in [2.24, 2.45) is 35.5 Å². The van der Waals surface area contributed by atoms with Crippen LogP contribution in [0.1, 0.15) is 46.0 Å². The maximum atomic E-state index is 13.0. The Morgan fingerprint density at radius 2 is 1.97 bits per heavy atom. The Kier molecular flexibility index (Phi) is 7.37. The molecule has 3 saturated heterocycles. The highest BCUT2D eigenvalue weighted by Crippen LogP contribution is 2.52. The van der Waals surface area contributed by atoms with Crippen LogP contribution in [0, 0.1) is 35.5 Å². The number of hydrogen-bond donors (Lipinski definition) is 4. The van der Waals surface area contributed by atoms with Gasteiger partial charge in [0.15, 0.2) is 6.29 Å². The van der Waals surface area contributed by atoms with Crippen molar-refractivity contribution in [2.45, 2.75) is 64.3 Å². The molecular weight excluding hydrogens is 414 g/mol. The number of carbonyl (C=O) groups is 3. The molecular formula is C23H37N3O6. The first kappa shape index (κ1) is 23.4. The first-order valence-corrected chi connectivity index (χ1v) is 12.1. The summed E-state index contributed by atoms with van der Waals surface area (Å²) >= 11 is 0. The van der Waals surface area contributed by atoms with Gasteiger partial charge in [-0.05, 0) is 49.4 Å². The summed E-state index contributed by atoms with van der Waals surface area (Å²) in [5.41, 5.74) is 0. The zero-order valence-electron chi connectivity index (χ0n) is 19.0. The zero-order chi connectivity index (χ0) is 22.8. The van der Waals surface area contributed by atoms with Crippen molar-refractivity contribution in [3.63, 3.8) is 0 Å². The van der Waals surface area contributed by atoms with Crippen molar-refractivity contribution in [1.82, 2.24) is 16.0 Å². The third-order valence-corrected chi connectivity index (χ3v) is 7.64. The van der Waals surface area contributed by atoms with Crippen molar-refractivity contribution in [3.8, 4) is 0 Å². The van der Waals surface area contributed by atoms with Gasteiger partial charge in [-0.25, -0.2) is 0 Å². The Labute approximate surface area is 189 Å². The second kappa shape index (κ2) is 10.1. The number of fused-ring (bicyclic) bond motifs is 1. The number of rotatable bonds is 10. The summed E-state index contributed by atoms with van der Waals surface area (Å²) < 4.78 is 11.5. The lowest BCUT2D eigenvalue weighted by molar-refractivity contribution is -0.165. The molecule has 0 aromatic heterocycles. The van der Waals surface area contributed by atoms with Crippen LogP contribution in [0.15, 0.2) is 0 Å². The van der Waals surface area contributed by atoms with Crippen molar-refractivity contribution < 1.29 is 29.0 Å². The van der Waals surface area contributed by atoms with Gasteiger partial charge in [-0.15, -0.1) is 0 Å². The van der Waals surface area contributed by atoms with E-state index in [1.807, 2.05) is 13.8 Å². The number of amides is 3. The summed E-state index contributed by atoms with van der Waals surface area (Å²) in [4.78, 5) is 37.8. The van der Waals surface area contributed by atoms with E-state index in [1.54, 1.807) is 0 Å². The lowest BCUT2D eigenvalue weighted by atomic mass is 9.86. The van der Waals surface area contributed by atoms with E-state index in [-0.39, 0.29) is 48.4 Å². The molecule has 3 amide bonds. The average Bonchev–Trinajstić information content (AvgIpc) is 3.41. The second-order valence-corrected chi connectivity index (χ2v) is 10.4. The topological polar surface area (TPSA) is 126 Å². The van der Waals surface area contributed by atoms with Gasteiger partial charge >= 0.3 is 0 Å². The third-order valence-electron chi connectivity index (χ3n) is 7.64. The van der Waals surface area contributed by atoms with Gasteiger partial charge in [-0.2, -0.15) is 0 Å². The molecule has 2 bridgehead atoms. The van der Waals surface area contributed by atoms with Crippen LogP contribution in [0.3, 0.4) is 0 Å². The number of aliphatic hydroxyl groups is 1. The van der Waals surface area contributed by atoms with Gasteiger partial charge in [0.1, 0.15) is 6.04 Å². The Bertz CT molecular complexity index is 716. The monoisotopic (exact) mass is 451 g/mol. The normalized spacial score (nSPS) is 34.9. The minimum absolute atomic E-state index is 0.0337. The quantitative estimate of drug-likeness (QED) is 0.375. The van der Waals surface area contributed by atoms with Crippen LogP contribution >= 0.6 is 0 Å². The molecule has 3 unspecified atom stereocenters. The molecule has 180 valence electrons. The minimum Gasteiger partial charge on any atom is -0.394 e. The van der Waals surface area contributed by atoms with Gasteiger partial charge < -0.3 is 30.5 Å². The molecule has 32 heavy (non-hydrogen) atoms. The molecule has 0 radical (unpaired) electrons. The Morgan fingerprint density at radius 1 is 1.19 bits per heavy atom. The standard InChI is InChI=1S/C23H37N3O6/c1-12(2)5-19(22(30)25-15(9-27)6-13-3-4-24-21(13)29)26-20(28)8-16-14-7-17-18(16)11-32-23(17)31-10-14/h12-19,23,27H,3-11H2,1-2H3,(H,24,29)(H,25,30)(H,26,28)/t13?,14?,15-,16-,17?,18-,19-,23-/m0/s1. The molecule has 9 heteroatoms. The Morgan fingerprint density at radius 3 is 2.66 bits per heavy atom. The van der Waals surface area contributed by atoms with Crippen LogP contribution < -0.4 is 16.0 Å². The van der Waals surface area contributed by atoms with E-state index in [4.69, 9.17) is 9.47 Å². The molecule has 1 saturated carbocycles. The Balaban J connectivity index is 1.33. The molecule has 4 aliphatic rings. The smallest absolute Gasteiger partial charge is 0.242 e. The molecule has 8 atom stereocenters. The number of ether oxygens (including phenoxy) is 2. The fourth-order valence-corrected chi connectivity index (χ4v) is 6.02. The lowest BCUT2D eigenvalue weighted by Crippen LogP contribution is -2.51. The first-order valence-electron chi connectivity index (χ1n) is 12.1. The van der Waals surface area contributed by atoms with E-state index in [0.717, 1.165) is 6.42 Å². The van der Waals surface area contributed by atoms with Gasteiger partial charge in [0.25, 0.3) is 0 Å². The fraction of sp³-hybridized carbons (Fsp3) is 0.870. The zero-order valence-corrected chi connectivity index (χ0v) is 19.0. The van der Waals surface area contributed by atoms with Crippen LogP contribution in [0.2, 0.25) is 0 Å². The predicted octanol–water partition coefficient (Wildman–Crippen LogP) is 0.166. The Hall–Kier alpha value is -1.71. The van der Waals surface area contributed by atoms with Crippen LogP contribution in [-0.2, 0) is 23.9 Å². The highest BCUT2D eigenvalue weighted by molar-refractivity contribution is 5.88. The van der Waals surface area contributed by atoms with E-state index < -0.39 is 12.1 Å². The van der Waals surface area contributed by atoms with Crippen molar-refractivity contribution >= 4 is 17.7 Å². The highest BCUT2D eigenvalue weighted by atomic mass is 16.7. The van der Waals surface area contributed by atoms with Crippen LogP contribution in [0.5, 0.6) is 0 Å². The SMILES string of the molecule is CC(C)C[C@H](NC(=O)C[C@H]1C2CO[C@H]3OC[C@@H]1C3C2)C(=O)N[C@H](CO)CC1CCNC1=O. The lowest BCUT2D eigenvalue weighted by Gasteiger charge is -2.28. The van der Waals surface area contributed by atoms with Gasteiger partial charge in [0, 0.05) is 24.8 Å². The minimum atomic E-state index is -0.668. The number of hydrogen-bond acceptors (Lipinski definition) is 6. The number of carbonyl (C=O) groups excluding carboxylic acids is 3. The summed E-state index contributed by atoms with van der Waals surface area (Å²) in [5, 5.41) is 18.3. The van der Waals surface area contributed by atoms with Crippen LogP contribution in [0.25, 0.3) is 0 Å². The van der Waals surface area contributed by atoms with Gasteiger partial charge in [0.2, 0.25) is 17.7 Å². The van der Waals surface area contributed by atoms with E-state index in [2.05, 4.69) is 16.0 Å². The molecule has 9 nitrogen and oxygen atoms in total. The second-order valence-electron chi connectivity index (χ2n) is 10.4. The molecule has 1 aliphatic carbocycles. The van der Waals surface area contributed by atoms with Crippen molar-refractivity contribution in [2.75, 3.05) is 26.4 Å². The molecule has 4 rings (SSSR count). The summed E-state index contributed by atoms with van der Waals surface area (Å²) in [6, 6.07) is -1.18. The maximum absolute atomic E-state index is 13.0. The summed E-state index contributed by atoms with van der Waals surface area (Å²) in [6.45, 7) is 5.68. The first-order chi connectivity index (χ1) is 15.4. The van der Waals surface area contributed by atoms with Gasteiger partial charge in [0.05, 0.1) is 25.9 Å². The molecule has 4 N–H and O–H groups in total. The van der Waals surface area contributed by atoms with E-state index in [9.17, 15) is 19.5 Å². The van der Waals surface area contributed by atoms with E-state index in [0.29, 0.717) is 63.2 Å². The summed E-state index contributed by atoms with van der Waals surface area (Å²) in [5.74, 6) is 0.894. The average molecular weight is 452 g/mol. The molecule has 0 spiro atoms. The van der Waals surface area contributed by atoms with E-state index >= 15 is 0 Å². The van der Waals surface area contributed by atoms with Crippen LogP contribution in [0.4, 0.5) is 0 Å². The number of aliphatic hydroxyl groups excluding tert-OH is 1. The molecule has 3 heterocycles. The predicted molar refractivity (Wildman–Crippen MR) is 115 cm³/mol. The molecule has 0 aromatic rings. The largest absolute Gasteiger partial charge is 0.394 e. The fourth-order valence-electron chi connectivity index (χ4n) is 6.02. The van der Waals surface area contributed by atoms with Crippen LogP contribution in [-0.4, -0.2) is 67.6 Å². The molecule has 4 fully saturated rings. The van der Waals surface area contributed by atoms with Gasteiger partial charge in [-0.3, -0.25) is 14.4 Å². The summed E-state index contributed by atoms with van der Waals surface area (Å²) in [6.07, 6.45) is 2.92. The third kappa shape index (κ3) is 5.10. The number of nitrogens with one attached hydrogen (secondary N) is 3. The molecule has 0 aromatic carbocycles. The maximum Gasteiger partial charge on any atom is 0.242 e.